The van der Waals surface area contributed by atoms with Gasteiger partial charge < -0.3 is 9.64 Å². The SMILES string of the molecule is O=C(c1ccccc1-n1nccn1)N1CC2CC23CC(Oc2ccc(C(F)F)cn2)C13. The zero-order valence-electron chi connectivity index (χ0n) is 16.4. The molecule has 3 heterocycles. The van der Waals surface area contributed by atoms with Crippen LogP contribution in [0.4, 0.5) is 8.78 Å². The number of carbonyl (C=O) groups excluding carboxylic acids is 1. The van der Waals surface area contributed by atoms with E-state index < -0.39 is 6.43 Å². The van der Waals surface area contributed by atoms with Gasteiger partial charge in [0.1, 0.15) is 6.10 Å². The number of benzene rings is 1. The molecule has 1 saturated heterocycles. The minimum atomic E-state index is -2.56. The van der Waals surface area contributed by atoms with Crippen LogP contribution in [0.5, 0.6) is 5.88 Å². The molecule has 3 aromatic rings. The monoisotopic (exact) mass is 423 g/mol. The van der Waals surface area contributed by atoms with E-state index >= 15 is 0 Å². The molecule has 3 fully saturated rings. The number of piperidine rings is 1. The number of likely N-dealkylation sites (tertiary alicyclic amines) is 1. The lowest BCUT2D eigenvalue weighted by Gasteiger charge is -2.47. The number of amides is 1. The molecule has 6 rings (SSSR count). The molecule has 31 heavy (non-hydrogen) atoms. The standard InChI is InChI=1S/C22H19F2N5O2/c23-20(24)13-5-6-18(25-11-13)31-17-10-22-9-14(22)12-28(19(17)22)21(30)15-3-1-2-4-16(15)29-26-7-8-27-29/h1-8,11,14,17,19-20H,9-10,12H2. The predicted octanol–water partition coefficient (Wildman–Crippen LogP) is 3.28. The molecule has 4 atom stereocenters. The fourth-order valence-electron chi connectivity index (χ4n) is 5.32. The quantitative estimate of drug-likeness (QED) is 0.630. The van der Waals surface area contributed by atoms with E-state index in [1.54, 1.807) is 18.5 Å². The number of hydrogen-bond acceptors (Lipinski definition) is 5. The van der Waals surface area contributed by atoms with Crippen molar-refractivity contribution in [1.29, 1.82) is 0 Å². The van der Waals surface area contributed by atoms with Gasteiger partial charge in [-0.3, -0.25) is 4.79 Å². The second-order valence-electron chi connectivity index (χ2n) is 8.46. The maximum absolute atomic E-state index is 13.5. The number of ether oxygens (including phenoxy) is 1. The number of para-hydroxylation sites is 1. The van der Waals surface area contributed by atoms with Gasteiger partial charge in [0.15, 0.2) is 0 Å². The van der Waals surface area contributed by atoms with Gasteiger partial charge in [0.05, 0.1) is 29.7 Å². The third-order valence-electron chi connectivity index (χ3n) is 6.87. The number of nitrogens with zero attached hydrogens (tertiary/aromatic N) is 5. The first kappa shape index (κ1) is 18.4. The largest absolute Gasteiger partial charge is 0.472 e. The van der Waals surface area contributed by atoms with Gasteiger partial charge in [0.25, 0.3) is 12.3 Å². The molecule has 7 nitrogen and oxygen atoms in total. The van der Waals surface area contributed by atoms with Crippen molar-refractivity contribution in [3.8, 4) is 11.6 Å². The highest BCUT2D eigenvalue weighted by Crippen LogP contribution is 2.71. The van der Waals surface area contributed by atoms with Gasteiger partial charge in [0.2, 0.25) is 5.88 Å². The molecule has 0 N–H and O–H groups in total. The average Bonchev–Trinajstić information content (AvgIpc) is 3.14. The first-order chi connectivity index (χ1) is 15.1. The molecule has 0 bridgehead atoms. The van der Waals surface area contributed by atoms with Gasteiger partial charge in [-0.05, 0) is 37.0 Å². The Labute approximate surface area is 176 Å². The van der Waals surface area contributed by atoms with Crippen molar-refractivity contribution in [2.24, 2.45) is 11.3 Å². The molecule has 4 unspecified atom stereocenters. The summed E-state index contributed by atoms with van der Waals surface area (Å²) in [6.07, 6.45) is 3.48. The summed E-state index contributed by atoms with van der Waals surface area (Å²) in [6.45, 7) is 0.696. The number of halogens is 2. The van der Waals surface area contributed by atoms with E-state index in [1.165, 1.54) is 16.9 Å². The van der Waals surface area contributed by atoms with Crippen molar-refractivity contribution >= 4 is 5.91 Å². The number of hydrogen-bond donors (Lipinski definition) is 0. The Morgan fingerprint density at radius 1 is 1.13 bits per heavy atom. The Balaban J connectivity index is 1.25. The summed E-state index contributed by atoms with van der Waals surface area (Å²) in [5.41, 5.74) is 1.16. The maximum Gasteiger partial charge on any atom is 0.265 e. The Morgan fingerprint density at radius 2 is 1.94 bits per heavy atom. The lowest BCUT2D eigenvalue weighted by atomic mass is 9.73. The molecule has 2 aromatic heterocycles. The van der Waals surface area contributed by atoms with Gasteiger partial charge in [-0.2, -0.15) is 15.0 Å². The van der Waals surface area contributed by atoms with Gasteiger partial charge in [-0.1, -0.05) is 12.1 Å². The van der Waals surface area contributed by atoms with Crippen LogP contribution in [0.2, 0.25) is 0 Å². The van der Waals surface area contributed by atoms with Crippen molar-refractivity contribution in [2.75, 3.05) is 6.54 Å². The molecule has 158 valence electrons. The second-order valence-corrected chi connectivity index (χ2v) is 8.46. The Bertz CT molecular complexity index is 1140. The van der Waals surface area contributed by atoms with Crippen LogP contribution in [-0.4, -0.2) is 49.5 Å². The Kier molecular flexibility index (Phi) is 3.90. The number of aromatic nitrogens is 4. The number of alkyl halides is 2. The summed E-state index contributed by atoms with van der Waals surface area (Å²) < 4.78 is 31.6. The molecule has 9 heteroatoms. The first-order valence-corrected chi connectivity index (χ1v) is 10.2. The van der Waals surface area contributed by atoms with Crippen LogP contribution in [0.15, 0.2) is 55.0 Å². The minimum absolute atomic E-state index is 0.0415. The zero-order valence-corrected chi connectivity index (χ0v) is 16.4. The van der Waals surface area contributed by atoms with E-state index in [0.29, 0.717) is 29.6 Å². The predicted molar refractivity (Wildman–Crippen MR) is 105 cm³/mol. The number of carbonyl (C=O) groups is 1. The maximum atomic E-state index is 13.5. The van der Waals surface area contributed by atoms with Gasteiger partial charge in [0, 0.05) is 29.8 Å². The molecular weight excluding hydrogens is 404 g/mol. The number of pyridine rings is 1. The van der Waals surface area contributed by atoms with Crippen LogP contribution in [0.25, 0.3) is 5.69 Å². The molecule has 1 amide bonds. The van der Waals surface area contributed by atoms with Crippen molar-refractivity contribution in [3.05, 3.63) is 66.1 Å². The van der Waals surface area contributed by atoms with Gasteiger partial charge in [-0.25, -0.2) is 13.8 Å². The van der Waals surface area contributed by atoms with E-state index in [9.17, 15) is 13.6 Å². The van der Waals surface area contributed by atoms with Crippen molar-refractivity contribution < 1.29 is 18.3 Å². The molecule has 2 saturated carbocycles. The summed E-state index contributed by atoms with van der Waals surface area (Å²) in [6, 6.07) is 10.0. The number of rotatable bonds is 5. The van der Waals surface area contributed by atoms with Gasteiger partial charge >= 0.3 is 0 Å². The van der Waals surface area contributed by atoms with E-state index in [0.717, 1.165) is 19.0 Å². The van der Waals surface area contributed by atoms with Crippen LogP contribution < -0.4 is 4.74 Å². The van der Waals surface area contributed by atoms with Gasteiger partial charge in [-0.15, -0.1) is 0 Å². The van der Waals surface area contributed by atoms with Crippen LogP contribution in [0.3, 0.4) is 0 Å². The van der Waals surface area contributed by atoms with E-state index in [-0.39, 0.29) is 29.0 Å². The highest BCUT2D eigenvalue weighted by molar-refractivity contribution is 5.98. The minimum Gasteiger partial charge on any atom is -0.472 e. The zero-order chi connectivity index (χ0) is 21.2. The molecule has 1 aromatic carbocycles. The molecular formula is C22H19F2N5O2. The van der Waals surface area contributed by atoms with E-state index in [1.807, 2.05) is 23.1 Å². The summed E-state index contributed by atoms with van der Waals surface area (Å²) in [7, 11) is 0. The summed E-state index contributed by atoms with van der Waals surface area (Å²) >= 11 is 0. The third kappa shape index (κ3) is 2.75. The van der Waals surface area contributed by atoms with Crippen molar-refractivity contribution in [1.82, 2.24) is 24.9 Å². The normalized spacial score (nSPS) is 28.1. The topological polar surface area (TPSA) is 73.1 Å². The fourth-order valence-corrected chi connectivity index (χ4v) is 5.32. The molecule has 1 aliphatic heterocycles. The molecule has 3 aliphatic rings. The highest BCUT2D eigenvalue weighted by Gasteiger charge is 2.76. The molecule has 0 radical (unpaired) electrons. The third-order valence-corrected chi connectivity index (χ3v) is 6.87. The smallest absolute Gasteiger partial charge is 0.265 e. The first-order valence-electron chi connectivity index (χ1n) is 10.2. The van der Waals surface area contributed by atoms with Crippen molar-refractivity contribution in [2.45, 2.75) is 31.4 Å². The fraction of sp³-hybridized carbons (Fsp3) is 0.364. The second kappa shape index (κ2) is 6.57. The van der Waals surface area contributed by atoms with Crippen LogP contribution in [-0.2, 0) is 0 Å². The Morgan fingerprint density at radius 3 is 2.68 bits per heavy atom. The molecule has 1 spiro atoms. The lowest BCUT2D eigenvalue weighted by molar-refractivity contribution is -0.0345. The van der Waals surface area contributed by atoms with Crippen LogP contribution >= 0.6 is 0 Å². The van der Waals surface area contributed by atoms with E-state index in [4.69, 9.17) is 4.74 Å². The van der Waals surface area contributed by atoms with Crippen molar-refractivity contribution in [3.63, 3.8) is 0 Å². The average molecular weight is 423 g/mol. The highest BCUT2D eigenvalue weighted by atomic mass is 19.3. The van der Waals surface area contributed by atoms with Crippen LogP contribution in [0, 0.1) is 11.3 Å². The summed E-state index contributed by atoms with van der Waals surface area (Å²) in [5, 5.41) is 8.33. The summed E-state index contributed by atoms with van der Waals surface area (Å²) in [5.74, 6) is 0.728. The molecule has 2 aliphatic carbocycles. The Hall–Kier alpha value is -3.36. The van der Waals surface area contributed by atoms with Crippen LogP contribution in [0.1, 0.15) is 35.2 Å². The summed E-state index contributed by atoms with van der Waals surface area (Å²) in [4.78, 5) is 20.9. The van der Waals surface area contributed by atoms with E-state index in [2.05, 4.69) is 15.2 Å². The lowest BCUT2D eigenvalue weighted by Crippen LogP contribution is -2.59.